The minimum absolute atomic E-state index is 0.0253. The van der Waals surface area contributed by atoms with E-state index in [1.54, 1.807) is 14.1 Å². The van der Waals surface area contributed by atoms with Crippen LogP contribution in [0.3, 0.4) is 0 Å². The molecule has 1 amide bonds. The Kier molecular flexibility index (Phi) is 6.80. The van der Waals surface area contributed by atoms with E-state index in [9.17, 15) is 42.9 Å². The number of primary amides is 1. The summed E-state index contributed by atoms with van der Waals surface area (Å²) < 4.78 is 28.4. The van der Waals surface area contributed by atoms with Gasteiger partial charge in [-0.05, 0) is 58.3 Å². The van der Waals surface area contributed by atoms with E-state index in [4.69, 9.17) is 10.6 Å². The third-order valence-electron chi connectivity index (χ3n) is 8.95. The van der Waals surface area contributed by atoms with Gasteiger partial charge in [-0.1, -0.05) is 11.2 Å². The van der Waals surface area contributed by atoms with Gasteiger partial charge >= 0.3 is 0 Å². The summed E-state index contributed by atoms with van der Waals surface area (Å²) in [6.45, 7) is 2.99. The van der Waals surface area contributed by atoms with Crippen molar-refractivity contribution in [1.82, 2.24) is 4.90 Å². The number of carbonyl (C=O) groups excluding carboxylic acids is 4. The fraction of sp³-hybridized carbons (Fsp3) is 0.577. The highest BCUT2D eigenvalue weighted by Gasteiger charge is 2.69. The Balaban J connectivity index is 1.54. The molecule has 5 rings (SSSR count). The highest BCUT2D eigenvalue weighted by atomic mass is 32.2. The number of nitrogens with one attached hydrogen (secondary N) is 1. The fourth-order valence-electron chi connectivity index (χ4n) is 7.19. The first-order valence-electron chi connectivity index (χ1n) is 13.1. The van der Waals surface area contributed by atoms with Crippen molar-refractivity contribution in [2.75, 3.05) is 18.8 Å². The zero-order chi connectivity index (χ0) is 30.3. The number of nitrogens with zero attached hydrogens (tertiary/aromatic N) is 2. The molecule has 1 aliphatic heterocycles. The third kappa shape index (κ3) is 4.08. The monoisotopic (exact) mass is 592 g/mol. The minimum Gasteiger partial charge on any atom is -0.505 e. The van der Waals surface area contributed by atoms with E-state index in [1.165, 1.54) is 30.9 Å². The van der Waals surface area contributed by atoms with Crippen molar-refractivity contribution in [2.24, 2.45) is 34.6 Å². The molecule has 3 aliphatic carbocycles. The molecule has 0 saturated heterocycles. The lowest BCUT2D eigenvalue weighted by molar-refractivity contribution is -0.190. The lowest BCUT2D eigenvalue weighted by atomic mass is 9.52. The van der Waals surface area contributed by atoms with Crippen LogP contribution in [0.1, 0.15) is 36.2 Å². The van der Waals surface area contributed by atoms with E-state index in [0.29, 0.717) is 5.56 Å². The summed E-state index contributed by atoms with van der Waals surface area (Å²) in [5, 5.41) is 36.2. The number of oxime groups is 1. The number of carbonyl (C=O) groups is 4. The Labute approximate surface area is 235 Å². The Morgan fingerprint density at radius 1 is 1.22 bits per heavy atom. The molecule has 9 atom stereocenters. The SMILES string of the molecule is CC1=NOC(C)C1S(=O)(=O)Nc1ccc2c(c1O)C(=O)C1C(=O)[C@@]3(O)C(=O)C(C(N)=O)C(O)[C@H](N(C)C)[C@H]3C[C@H]1C2. The summed E-state index contributed by atoms with van der Waals surface area (Å²) in [6, 6.07) is 1.77. The number of aromatic hydroxyl groups is 1. The number of hydrogen-bond donors (Lipinski definition) is 5. The fourth-order valence-corrected chi connectivity index (χ4v) is 8.83. The van der Waals surface area contributed by atoms with E-state index < -0.39 is 91.8 Å². The molecule has 0 radical (unpaired) electrons. The highest BCUT2D eigenvalue weighted by molar-refractivity contribution is 7.94. The maximum atomic E-state index is 13.9. The smallest absolute Gasteiger partial charge is 0.245 e. The first kappa shape index (κ1) is 29.1. The molecule has 1 aromatic carbocycles. The predicted octanol–water partition coefficient (Wildman–Crippen LogP) is -1.44. The van der Waals surface area contributed by atoms with Crippen molar-refractivity contribution in [3.8, 4) is 5.75 Å². The number of phenolic OH excluding ortho intramolecular Hbond substituents is 1. The van der Waals surface area contributed by atoms with E-state index in [1.807, 2.05) is 0 Å². The number of nitrogens with two attached hydrogens (primary N) is 1. The number of benzene rings is 1. The van der Waals surface area contributed by atoms with Crippen LogP contribution in [0.5, 0.6) is 5.75 Å². The van der Waals surface area contributed by atoms with Crippen molar-refractivity contribution in [3.05, 3.63) is 23.3 Å². The molecular weight excluding hydrogens is 560 g/mol. The molecule has 0 aromatic heterocycles. The van der Waals surface area contributed by atoms with Gasteiger partial charge < -0.3 is 30.8 Å². The summed E-state index contributed by atoms with van der Waals surface area (Å²) in [5.74, 6) is -10.5. The Bertz CT molecular complexity index is 1510. The Hall–Kier alpha value is -3.40. The van der Waals surface area contributed by atoms with Crippen molar-refractivity contribution >= 4 is 44.7 Å². The largest absolute Gasteiger partial charge is 0.505 e. The van der Waals surface area contributed by atoms with Crippen molar-refractivity contribution in [1.29, 1.82) is 0 Å². The molecule has 15 heteroatoms. The Morgan fingerprint density at radius 2 is 1.88 bits per heavy atom. The van der Waals surface area contributed by atoms with Gasteiger partial charge in [0.05, 0.1) is 29.0 Å². The standard InChI is InChI=1S/C26H32N4O10S/c1-9-22(10(2)40-28-9)41(38,39)29-14-6-5-11-7-12-8-13-18(30(3)4)21(33)17(25(27)36)24(35)26(13,37)23(34)16(12)20(32)15(11)19(14)31/h5-6,10,12-13,16-18,21-22,29,31,33,37H,7-8H2,1-4H3,(H2,27,36)/t10?,12-,13-,16?,17?,18-,21?,22?,26-/m1/s1. The lowest BCUT2D eigenvalue weighted by Gasteiger charge is -2.54. The third-order valence-corrected chi connectivity index (χ3v) is 10.8. The first-order valence-corrected chi connectivity index (χ1v) is 14.6. The molecule has 0 bridgehead atoms. The number of Topliss-reactive ketones (excluding diaryl/α,β-unsaturated/α-hetero) is 3. The predicted molar refractivity (Wildman–Crippen MR) is 142 cm³/mol. The summed E-state index contributed by atoms with van der Waals surface area (Å²) in [4.78, 5) is 59.8. The van der Waals surface area contributed by atoms with E-state index in [0.717, 1.165) is 0 Å². The number of aliphatic hydroxyl groups is 2. The van der Waals surface area contributed by atoms with Crippen molar-refractivity contribution in [2.45, 2.75) is 55.8 Å². The van der Waals surface area contributed by atoms with Gasteiger partial charge in [0.15, 0.2) is 34.0 Å². The maximum Gasteiger partial charge on any atom is 0.245 e. The molecule has 2 saturated carbocycles. The quantitative estimate of drug-likeness (QED) is 0.197. The zero-order valence-corrected chi connectivity index (χ0v) is 23.6. The number of aliphatic hydroxyl groups excluding tert-OH is 1. The molecule has 14 nitrogen and oxygen atoms in total. The van der Waals surface area contributed by atoms with Crippen LogP contribution < -0.4 is 10.5 Å². The van der Waals surface area contributed by atoms with Gasteiger partial charge in [-0.25, -0.2) is 8.42 Å². The number of anilines is 1. The van der Waals surface area contributed by atoms with Crippen LogP contribution in [0.2, 0.25) is 0 Å². The number of rotatable bonds is 5. The summed E-state index contributed by atoms with van der Waals surface area (Å²) in [7, 11) is -1.06. The van der Waals surface area contributed by atoms with Gasteiger partial charge in [0.2, 0.25) is 15.9 Å². The van der Waals surface area contributed by atoms with Crippen LogP contribution in [-0.2, 0) is 35.7 Å². The Morgan fingerprint density at radius 3 is 2.44 bits per heavy atom. The van der Waals surface area contributed by atoms with E-state index >= 15 is 0 Å². The maximum absolute atomic E-state index is 13.9. The minimum atomic E-state index is -4.18. The molecule has 4 aliphatic rings. The highest BCUT2D eigenvalue weighted by Crippen LogP contribution is 2.52. The van der Waals surface area contributed by atoms with Gasteiger partial charge in [-0.15, -0.1) is 0 Å². The normalized spacial score (nSPS) is 36.7. The number of sulfonamides is 1. The molecule has 41 heavy (non-hydrogen) atoms. The number of ketones is 3. The van der Waals surface area contributed by atoms with Gasteiger partial charge in [0.25, 0.3) is 0 Å². The number of hydrogen-bond acceptors (Lipinski definition) is 12. The van der Waals surface area contributed by atoms with Gasteiger partial charge in [-0.2, -0.15) is 0 Å². The molecular formula is C26H32N4O10S. The van der Waals surface area contributed by atoms with Crippen molar-refractivity contribution < 1.29 is 47.8 Å². The molecule has 222 valence electrons. The van der Waals surface area contributed by atoms with Gasteiger partial charge in [0, 0.05) is 12.0 Å². The van der Waals surface area contributed by atoms with Crippen LogP contribution in [0.4, 0.5) is 5.69 Å². The molecule has 1 heterocycles. The average molecular weight is 593 g/mol. The second kappa shape index (κ2) is 9.58. The number of phenols is 1. The summed E-state index contributed by atoms with van der Waals surface area (Å²) >= 11 is 0. The van der Waals surface area contributed by atoms with Crippen LogP contribution in [0, 0.1) is 23.7 Å². The lowest BCUT2D eigenvalue weighted by Crippen LogP contribution is -2.75. The zero-order valence-electron chi connectivity index (χ0n) is 22.8. The summed E-state index contributed by atoms with van der Waals surface area (Å²) in [5.41, 5.74) is 2.53. The number of likely N-dealkylation sites (N-methyl/N-ethyl adjacent to an activating group) is 1. The van der Waals surface area contributed by atoms with E-state index in [-0.39, 0.29) is 29.8 Å². The second-order valence-electron chi connectivity index (χ2n) is 11.6. The topological polar surface area (TPSA) is 226 Å². The van der Waals surface area contributed by atoms with Crippen LogP contribution in [0.15, 0.2) is 17.3 Å². The average Bonchev–Trinajstić information content (AvgIpc) is 3.21. The molecule has 2 fully saturated rings. The van der Waals surface area contributed by atoms with Crippen LogP contribution >= 0.6 is 0 Å². The van der Waals surface area contributed by atoms with Gasteiger partial charge in [-0.3, -0.25) is 23.9 Å². The number of fused-ring (bicyclic) bond motifs is 3. The second-order valence-corrected chi connectivity index (χ2v) is 13.4. The first-order chi connectivity index (χ1) is 19.0. The number of amides is 1. The van der Waals surface area contributed by atoms with E-state index in [2.05, 4.69) is 9.88 Å². The van der Waals surface area contributed by atoms with Gasteiger partial charge in [0.1, 0.15) is 12.0 Å². The molecule has 6 N–H and O–H groups in total. The molecule has 0 spiro atoms. The summed E-state index contributed by atoms with van der Waals surface area (Å²) in [6.07, 6.45) is -2.32. The van der Waals surface area contributed by atoms with Crippen LogP contribution in [-0.4, -0.2) is 101 Å². The van der Waals surface area contributed by atoms with Crippen LogP contribution in [0.25, 0.3) is 0 Å². The molecule has 5 unspecified atom stereocenters. The molecule has 1 aromatic rings. The van der Waals surface area contributed by atoms with Crippen molar-refractivity contribution in [3.63, 3.8) is 0 Å².